The average Bonchev–Trinajstić information content (AvgIpc) is 2.93. The van der Waals surface area contributed by atoms with Crippen molar-refractivity contribution in [2.75, 3.05) is 0 Å². The van der Waals surface area contributed by atoms with Gasteiger partial charge >= 0.3 is 0 Å². The molecule has 3 aromatic rings. The molecule has 3 rings (SSSR count). The maximum atomic E-state index is 12.3. The summed E-state index contributed by atoms with van der Waals surface area (Å²) in [5, 5.41) is 3.98. The van der Waals surface area contributed by atoms with E-state index in [9.17, 15) is 4.79 Å². The molecule has 5 heteroatoms. The lowest BCUT2D eigenvalue weighted by Crippen LogP contribution is -2.14. The van der Waals surface area contributed by atoms with Gasteiger partial charge in [0.15, 0.2) is 0 Å². The summed E-state index contributed by atoms with van der Waals surface area (Å²) in [6, 6.07) is 6.05. The van der Waals surface area contributed by atoms with E-state index in [2.05, 4.69) is 4.98 Å². The Morgan fingerprint density at radius 3 is 2.89 bits per heavy atom. The number of nitrogens with zero attached hydrogens (tertiary/aromatic N) is 2. The van der Waals surface area contributed by atoms with Gasteiger partial charge < -0.3 is 0 Å². The molecule has 0 aliphatic carbocycles. The summed E-state index contributed by atoms with van der Waals surface area (Å²) in [7, 11) is 0. The van der Waals surface area contributed by atoms with E-state index in [1.807, 2.05) is 41.4 Å². The fourth-order valence-corrected chi connectivity index (χ4v) is 3.79. The van der Waals surface area contributed by atoms with E-state index < -0.39 is 0 Å². The molecule has 0 aliphatic rings. The van der Waals surface area contributed by atoms with Crippen molar-refractivity contribution in [3.63, 3.8) is 0 Å². The van der Waals surface area contributed by atoms with Crippen LogP contribution in [0.15, 0.2) is 28.4 Å². The number of thiazole rings is 1. The smallest absolute Gasteiger partial charge is 0.268 e. The zero-order valence-corrected chi connectivity index (χ0v) is 12.5. The SMILES string of the molecule is Cc1ccc2sn(CCc3nc(C)cs3)c(=O)c2c1. The highest BCUT2D eigenvalue weighted by atomic mass is 32.1. The van der Waals surface area contributed by atoms with Gasteiger partial charge in [-0.2, -0.15) is 0 Å². The number of rotatable bonds is 3. The highest BCUT2D eigenvalue weighted by molar-refractivity contribution is 7.13. The summed E-state index contributed by atoms with van der Waals surface area (Å²) < 4.78 is 2.90. The van der Waals surface area contributed by atoms with Crippen LogP contribution in [-0.2, 0) is 13.0 Å². The summed E-state index contributed by atoms with van der Waals surface area (Å²) in [6.45, 7) is 4.72. The Balaban J connectivity index is 1.89. The first-order valence-corrected chi connectivity index (χ1v) is 7.80. The molecule has 0 saturated heterocycles. The van der Waals surface area contributed by atoms with Crippen LogP contribution in [-0.4, -0.2) is 8.94 Å². The van der Waals surface area contributed by atoms with E-state index in [4.69, 9.17) is 0 Å². The second kappa shape index (κ2) is 4.90. The molecule has 0 amide bonds. The van der Waals surface area contributed by atoms with Crippen LogP contribution in [0, 0.1) is 13.8 Å². The van der Waals surface area contributed by atoms with Crippen molar-refractivity contribution >= 4 is 33.0 Å². The maximum absolute atomic E-state index is 12.3. The summed E-state index contributed by atoms with van der Waals surface area (Å²) in [5.41, 5.74) is 2.31. The van der Waals surface area contributed by atoms with Crippen LogP contribution in [0.4, 0.5) is 0 Å². The zero-order valence-electron chi connectivity index (χ0n) is 10.8. The Morgan fingerprint density at radius 1 is 1.32 bits per heavy atom. The molecule has 0 unspecified atom stereocenters. The predicted molar refractivity (Wildman–Crippen MR) is 81.4 cm³/mol. The molecule has 2 heterocycles. The van der Waals surface area contributed by atoms with Gasteiger partial charge in [-0.25, -0.2) is 4.98 Å². The van der Waals surface area contributed by atoms with E-state index in [1.54, 1.807) is 11.3 Å². The second-order valence-corrected chi connectivity index (χ2v) is 6.64. The van der Waals surface area contributed by atoms with E-state index in [0.717, 1.165) is 32.8 Å². The van der Waals surface area contributed by atoms with Gasteiger partial charge in [0.05, 0.1) is 15.1 Å². The molecule has 0 atom stereocenters. The minimum atomic E-state index is 0.122. The normalized spacial score (nSPS) is 11.3. The first-order valence-electron chi connectivity index (χ1n) is 6.15. The first kappa shape index (κ1) is 12.6. The third-order valence-electron chi connectivity index (χ3n) is 3.00. The predicted octanol–water partition coefficient (Wildman–Crippen LogP) is 3.38. The Bertz CT molecular complexity index is 782. The summed E-state index contributed by atoms with van der Waals surface area (Å²) >= 11 is 3.20. The van der Waals surface area contributed by atoms with Crippen molar-refractivity contribution in [2.45, 2.75) is 26.8 Å². The van der Waals surface area contributed by atoms with Crippen molar-refractivity contribution in [3.05, 3.63) is 50.2 Å². The maximum Gasteiger partial charge on any atom is 0.268 e. The number of hydrogen-bond donors (Lipinski definition) is 0. The van der Waals surface area contributed by atoms with Gasteiger partial charge in [0.2, 0.25) is 0 Å². The van der Waals surface area contributed by atoms with Crippen LogP contribution in [0.5, 0.6) is 0 Å². The zero-order chi connectivity index (χ0) is 13.4. The molecule has 0 N–H and O–H groups in total. The highest BCUT2D eigenvalue weighted by Crippen LogP contribution is 2.18. The largest absolute Gasteiger partial charge is 0.268 e. The third-order valence-corrected chi connectivity index (χ3v) is 5.14. The van der Waals surface area contributed by atoms with Gasteiger partial charge in [-0.3, -0.25) is 8.75 Å². The van der Waals surface area contributed by atoms with Gasteiger partial charge in [-0.05, 0) is 26.0 Å². The molecule has 0 aliphatic heterocycles. The average molecular weight is 290 g/mol. The standard InChI is InChI=1S/C14H14N2OS2/c1-9-3-4-12-11(7-9)14(17)16(19-12)6-5-13-15-10(2)8-18-13/h3-4,7-8H,5-6H2,1-2H3. The lowest BCUT2D eigenvalue weighted by molar-refractivity contribution is 0.732. The van der Waals surface area contributed by atoms with Crippen LogP contribution in [0.2, 0.25) is 0 Å². The minimum absolute atomic E-state index is 0.122. The number of aryl methyl sites for hydroxylation is 4. The van der Waals surface area contributed by atoms with Gasteiger partial charge in [-0.1, -0.05) is 23.2 Å². The fraction of sp³-hybridized carbons (Fsp3) is 0.286. The molecular weight excluding hydrogens is 276 g/mol. The third kappa shape index (κ3) is 2.48. The van der Waals surface area contributed by atoms with Gasteiger partial charge in [-0.15, -0.1) is 11.3 Å². The quantitative estimate of drug-likeness (QED) is 0.741. The van der Waals surface area contributed by atoms with Crippen LogP contribution >= 0.6 is 22.9 Å². The van der Waals surface area contributed by atoms with E-state index >= 15 is 0 Å². The van der Waals surface area contributed by atoms with E-state index in [-0.39, 0.29) is 5.56 Å². The number of aromatic nitrogens is 2. The first-order chi connectivity index (χ1) is 9.13. The summed E-state index contributed by atoms with van der Waals surface area (Å²) in [6.07, 6.45) is 0.824. The molecule has 19 heavy (non-hydrogen) atoms. The van der Waals surface area contributed by atoms with Crippen LogP contribution in [0.1, 0.15) is 16.3 Å². The van der Waals surface area contributed by atoms with Crippen molar-refractivity contribution in [3.8, 4) is 0 Å². The minimum Gasteiger partial charge on any atom is -0.268 e. The fourth-order valence-electron chi connectivity index (χ4n) is 2.05. The van der Waals surface area contributed by atoms with Crippen molar-refractivity contribution < 1.29 is 0 Å². The van der Waals surface area contributed by atoms with Crippen molar-refractivity contribution in [2.24, 2.45) is 0 Å². The summed E-state index contributed by atoms with van der Waals surface area (Å²) in [4.78, 5) is 16.7. The molecular formula is C14H14N2OS2. The number of fused-ring (bicyclic) bond motifs is 1. The number of hydrogen-bond acceptors (Lipinski definition) is 4. The Kier molecular flexibility index (Phi) is 3.24. The van der Waals surface area contributed by atoms with E-state index in [0.29, 0.717) is 6.54 Å². The Labute approximate surface area is 119 Å². The molecule has 3 nitrogen and oxygen atoms in total. The lowest BCUT2D eigenvalue weighted by atomic mass is 10.2. The molecule has 0 radical (unpaired) electrons. The monoisotopic (exact) mass is 290 g/mol. The van der Waals surface area contributed by atoms with Crippen LogP contribution < -0.4 is 5.56 Å². The Morgan fingerprint density at radius 2 is 2.16 bits per heavy atom. The number of benzene rings is 1. The molecule has 0 spiro atoms. The van der Waals surface area contributed by atoms with E-state index in [1.165, 1.54) is 11.5 Å². The summed E-state index contributed by atoms with van der Waals surface area (Å²) in [5.74, 6) is 0. The molecule has 0 bridgehead atoms. The Hall–Kier alpha value is -1.46. The molecule has 0 saturated carbocycles. The molecule has 98 valence electrons. The van der Waals surface area contributed by atoms with Gasteiger partial charge in [0, 0.05) is 24.0 Å². The second-order valence-electron chi connectivity index (χ2n) is 4.63. The van der Waals surface area contributed by atoms with Crippen LogP contribution in [0.25, 0.3) is 10.1 Å². The molecule has 1 aromatic carbocycles. The van der Waals surface area contributed by atoms with Crippen LogP contribution in [0.3, 0.4) is 0 Å². The van der Waals surface area contributed by atoms with Gasteiger partial charge in [0.1, 0.15) is 0 Å². The van der Waals surface area contributed by atoms with Crippen molar-refractivity contribution in [1.82, 2.24) is 8.94 Å². The molecule has 2 aromatic heterocycles. The molecule has 0 fully saturated rings. The van der Waals surface area contributed by atoms with Gasteiger partial charge in [0.25, 0.3) is 5.56 Å². The highest BCUT2D eigenvalue weighted by Gasteiger charge is 2.08. The van der Waals surface area contributed by atoms with Crippen molar-refractivity contribution in [1.29, 1.82) is 0 Å². The lowest BCUT2D eigenvalue weighted by Gasteiger charge is -1.96. The topological polar surface area (TPSA) is 34.9 Å².